The van der Waals surface area contributed by atoms with Gasteiger partial charge in [-0.25, -0.2) is 9.78 Å². The molecule has 1 aliphatic carbocycles. The predicted octanol–water partition coefficient (Wildman–Crippen LogP) is 3.74. The molecule has 1 atom stereocenters. The Labute approximate surface area is 178 Å². The lowest BCUT2D eigenvalue weighted by molar-refractivity contribution is -0.161. The van der Waals surface area contributed by atoms with E-state index in [-0.39, 0.29) is 12.3 Å². The first-order chi connectivity index (χ1) is 14.2. The fourth-order valence-electron chi connectivity index (χ4n) is 3.66. The molecule has 30 heavy (non-hydrogen) atoms. The van der Waals surface area contributed by atoms with Crippen LogP contribution >= 0.6 is 0 Å². The van der Waals surface area contributed by atoms with E-state index in [1.807, 2.05) is 0 Å². The summed E-state index contributed by atoms with van der Waals surface area (Å²) >= 11 is 0. The van der Waals surface area contributed by atoms with E-state index in [9.17, 15) is 9.59 Å². The number of rotatable bonds is 9. The number of hydrogen-bond donors (Lipinski definition) is 1. The van der Waals surface area contributed by atoms with Crippen LogP contribution in [-0.4, -0.2) is 33.3 Å². The van der Waals surface area contributed by atoms with E-state index in [1.165, 1.54) is 50.7 Å². The van der Waals surface area contributed by atoms with Gasteiger partial charge < -0.3 is 15.3 Å². The van der Waals surface area contributed by atoms with Gasteiger partial charge in [-0.05, 0) is 33.1 Å². The average Bonchev–Trinajstić information content (AvgIpc) is 2.71. The van der Waals surface area contributed by atoms with Crippen LogP contribution in [0.4, 0.5) is 0 Å². The fourth-order valence-corrected chi connectivity index (χ4v) is 3.66. The van der Waals surface area contributed by atoms with E-state index in [4.69, 9.17) is 15.3 Å². The summed E-state index contributed by atoms with van der Waals surface area (Å²) in [6.45, 7) is 5.40. The van der Waals surface area contributed by atoms with Gasteiger partial charge in [-0.2, -0.15) is 0 Å². The minimum atomic E-state index is -0.623. The summed E-state index contributed by atoms with van der Waals surface area (Å²) in [7, 11) is 0. The van der Waals surface area contributed by atoms with Crippen molar-refractivity contribution < 1.29 is 19.2 Å². The Morgan fingerprint density at radius 1 is 1.23 bits per heavy atom. The summed E-state index contributed by atoms with van der Waals surface area (Å²) in [5.41, 5.74) is 5.51. The van der Waals surface area contributed by atoms with E-state index < -0.39 is 23.5 Å². The molecule has 1 aromatic rings. The van der Waals surface area contributed by atoms with E-state index in [2.05, 4.69) is 15.1 Å². The van der Waals surface area contributed by atoms with Crippen molar-refractivity contribution in [2.45, 2.75) is 84.2 Å². The van der Waals surface area contributed by atoms with Crippen LogP contribution < -0.4 is 5.73 Å². The number of hydrogen-bond acceptors (Lipinski definition) is 7. The molecule has 1 fully saturated rings. The molecule has 0 aliphatic heterocycles. The second-order valence-corrected chi connectivity index (χ2v) is 8.90. The van der Waals surface area contributed by atoms with Crippen molar-refractivity contribution in [1.29, 1.82) is 0 Å². The van der Waals surface area contributed by atoms with Gasteiger partial charge in [0.2, 0.25) is 0 Å². The summed E-state index contributed by atoms with van der Waals surface area (Å²) in [6, 6.07) is 0. The number of nitrogens with two attached hydrogens (primary N) is 1. The quantitative estimate of drug-likeness (QED) is 0.213. The Morgan fingerprint density at radius 3 is 2.60 bits per heavy atom. The molecule has 8 heteroatoms. The first-order valence-electron chi connectivity index (χ1n) is 10.8. The van der Waals surface area contributed by atoms with Crippen LogP contribution in [0.15, 0.2) is 23.7 Å². The van der Waals surface area contributed by atoms with Crippen molar-refractivity contribution in [2.75, 3.05) is 0 Å². The molecule has 0 amide bonds. The Morgan fingerprint density at radius 2 is 1.97 bits per heavy atom. The molecule has 0 spiro atoms. The molecule has 8 nitrogen and oxygen atoms in total. The minimum Gasteiger partial charge on any atom is -0.460 e. The first-order valence-corrected chi connectivity index (χ1v) is 10.8. The zero-order chi connectivity index (χ0) is 22.0. The van der Waals surface area contributed by atoms with Crippen molar-refractivity contribution in [3.8, 4) is 0 Å². The maximum atomic E-state index is 12.6. The summed E-state index contributed by atoms with van der Waals surface area (Å²) in [6.07, 6.45) is 13.2. The number of oxime groups is 1. The minimum absolute atomic E-state index is 0.0403. The van der Waals surface area contributed by atoms with Gasteiger partial charge in [-0.15, -0.1) is 0 Å². The van der Waals surface area contributed by atoms with Crippen LogP contribution in [0.3, 0.4) is 0 Å². The third kappa shape index (κ3) is 8.88. The van der Waals surface area contributed by atoms with Crippen molar-refractivity contribution in [3.05, 3.63) is 24.3 Å². The molecule has 1 heterocycles. The second kappa shape index (κ2) is 11.6. The molecular formula is C22H34N4O4. The number of amidine groups is 1. The first kappa shape index (κ1) is 23.8. The van der Waals surface area contributed by atoms with Crippen molar-refractivity contribution >= 4 is 17.8 Å². The highest BCUT2D eigenvalue weighted by molar-refractivity contribution is 5.95. The van der Waals surface area contributed by atoms with E-state index in [0.29, 0.717) is 18.0 Å². The average molecular weight is 419 g/mol. The summed E-state index contributed by atoms with van der Waals surface area (Å²) in [4.78, 5) is 37.9. The van der Waals surface area contributed by atoms with Gasteiger partial charge in [0.05, 0.1) is 18.5 Å². The Kier molecular flexibility index (Phi) is 9.20. The monoisotopic (exact) mass is 418 g/mol. The predicted molar refractivity (Wildman–Crippen MR) is 113 cm³/mol. The summed E-state index contributed by atoms with van der Waals surface area (Å²) in [5.74, 6) is -0.969. The zero-order valence-electron chi connectivity index (χ0n) is 18.3. The topological polar surface area (TPSA) is 117 Å². The Bertz CT molecular complexity index is 710. The fraction of sp³-hybridized carbons (Fsp3) is 0.682. The molecule has 0 radical (unpaired) electrons. The molecule has 2 rings (SSSR count). The highest BCUT2D eigenvalue weighted by Crippen LogP contribution is 2.29. The Hall–Kier alpha value is -2.51. The van der Waals surface area contributed by atoms with Crippen molar-refractivity contribution in [3.63, 3.8) is 0 Å². The van der Waals surface area contributed by atoms with Gasteiger partial charge in [-0.1, -0.05) is 50.1 Å². The number of ether oxygens (including phenoxy) is 1. The molecule has 166 valence electrons. The van der Waals surface area contributed by atoms with Gasteiger partial charge in [-0.3, -0.25) is 9.78 Å². The lowest BCUT2D eigenvalue weighted by atomic mass is 9.84. The van der Waals surface area contributed by atoms with Crippen LogP contribution in [0.1, 0.15) is 84.3 Å². The van der Waals surface area contributed by atoms with Gasteiger partial charge >= 0.3 is 11.9 Å². The molecule has 1 aliphatic rings. The van der Waals surface area contributed by atoms with Gasteiger partial charge in [0.1, 0.15) is 11.3 Å². The van der Waals surface area contributed by atoms with E-state index >= 15 is 0 Å². The number of esters is 1. The van der Waals surface area contributed by atoms with E-state index in [0.717, 1.165) is 12.8 Å². The van der Waals surface area contributed by atoms with Crippen molar-refractivity contribution in [1.82, 2.24) is 9.97 Å². The van der Waals surface area contributed by atoms with Crippen LogP contribution in [-0.2, 0) is 19.2 Å². The second-order valence-electron chi connectivity index (χ2n) is 8.90. The van der Waals surface area contributed by atoms with Crippen LogP contribution in [0.25, 0.3) is 0 Å². The normalized spacial score (nSPS) is 16.7. The number of carbonyl (C=O) groups is 2. The van der Waals surface area contributed by atoms with Crippen LogP contribution in [0.5, 0.6) is 0 Å². The van der Waals surface area contributed by atoms with Gasteiger partial charge in [0.15, 0.2) is 5.84 Å². The molecule has 0 aromatic carbocycles. The third-order valence-electron chi connectivity index (χ3n) is 5.12. The van der Waals surface area contributed by atoms with E-state index in [1.54, 1.807) is 20.8 Å². The molecular weight excluding hydrogens is 384 g/mol. The van der Waals surface area contributed by atoms with Crippen LogP contribution in [0, 0.1) is 11.8 Å². The molecule has 0 saturated heterocycles. The summed E-state index contributed by atoms with van der Waals surface area (Å²) in [5, 5.41) is 3.69. The highest BCUT2D eigenvalue weighted by Gasteiger charge is 2.27. The van der Waals surface area contributed by atoms with Crippen molar-refractivity contribution in [2.24, 2.45) is 22.7 Å². The molecule has 1 saturated carbocycles. The lowest BCUT2D eigenvalue weighted by Crippen LogP contribution is -2.28. The summed E-state index contributed by atoms with van der Waals surface area (Å²) < 4.78 is 5.38. The highest BCUT2D eigenvalue weighted by atomic mass is 16.7. The zero-order valence-corrected chi connectivity index (χ0v) is 18.3. The van der Waals surface area contributed by atoms with Gasteiger partial charge in [0.25, 0.3) is 0 Å². The number of nitrogens with zero attached hydrogens (tertiary/aromatic N) is 3. The van der Waals surface area contributed by atoms with Crippen LogP contribution in [0.2, 0.25) is 0 Å². The maximum Gasteiger partial charge on any atom is 0.338 e. The molecule has 2 N–H and O–H groups in total. The lowest BCUT2D eigenvalue weighted by Gasteiger charge is -2.23. The Balaban J connectivity index is 1.95. The SMILES string of the molecule is CC(C)(C)OC(=O)C[C@H](CCCC1CCCCC1)C(=O)O/N=C(\N)c1cnccn1. The maximum absolute atomic E-state index is 12.6. The molecule has 0 unspecified atom stereocenters. The standard InChI is InChI=1S/C22H34N4O4/c1-22(2,3)29-19(27)14-17(11-7-10-16-8-5-4-6-9-16)21(28)30-26-20(23)18-15-24-12-13-25-18/h12-13,15-17H,4-11,14H2,1-3H3,(H2,23,26)/t17-/m0/s1. The molecule has 0 bridgehead atoms. The van der Waals surface area contributed by atoms with Gasteiger partial charge in [0, 0.05) is 12.4 Å². The number of carbonyl (C=O) groups excluding carboxylic acids is 2. The largest absolute Gasteiger partial charge is 0.460 e. The smallest absolute Gasteiger partial charge is 0.338 e. The number of aromatic nitrogens is 2. The molecule has 1 aromatic heterocycles. The third-order valence-corrected chi connectivity index (χ3v) is 5.12.